The van der Waals surface area contributed by atoms with Gasteiger partial charge in [0.15, 0.2) is 0 Å². The van der Waals surface area contributed by atoms with E-state index in [-0.39, 0.29) is 48.4 Å². The fourth-order valence-electron chi connectivity index (χ4n) is 9.00. The third-order valence-electron chi connectivity index (χ3n) is 13.0. The Balaban J connectivity index is 0.000000176. The third-order valence-corrected chi connectivity index (χ3v) is 13.2. The van der Waals surface area contributed by atoms with E-state index in [2.05, 4.69) is 35.9 Å². The van der Waals surface area contributed by atoms with Gasteiger partial charge >= 0.3 is 11.7 Å². The number of carbonyl (C=O) groups excluding carboxylic acids is 2. The van der Waals surface area contributed by atoms with Gasteiger partial charge in [0, 0.05) is 72.2 Å². The van der Waals surface area contributed by atoms with E-state index < -0.39 is 5.24 Å². The molecule has 408 valence electrons. The Morgan fingerprint density at radius 2 is 1.03 bits per heavy atom. The van der Waals surface area contributed by atoms with Crippen LogP contribution >= 0.6 is 36.4 Å². The zero-order chi connectivity index (χ0) is 53.3. The molecule has 1 amide bonds. The lowest BCUT2D eigenvalue weighted by Crippen LogP contribution is -2.42. The number of benzene rings is 4. The number of amides is 1. The number of aromatic nitrogens is 8. The van der Waals surface area contributed by atoms with E-state index in [1.807, 2.05) is 25.8 Å². The number of likely N-dealkylation sites (tertiary alicyclic amines) is 1. The third kappa shape index (κ3) is 13.5. The number of nitrogens with one attached hydrogen (secondary N) is 3. The van der Waals surface area contributed by atoms with Crippen LogP contribution in [0.1, 0.15) is 46.4 Å². The topological polar surface area (TPSA) is 204 Å². The van der Waals surface area contributed by atoms with Crippen molar-refractivity contribution in [2.45, 2.75) is 37.8 Å². The number of anilines is 2. The summed E-state index contributed by atoms with van der Waals surface area (Å²) in [7, 11) is 3.17. The van der Waals surface area contributed by atoms with Crippen molar-refractivity contribution in [1.82, 2.24) is 48.9 Å². The van der Waals surface area contributed by atoms with Gasteiger partial charge in [-0.1, -0.05) is 0 Å². The minimum Gasteiger partial charge on any atom is -0.497 e. The Morgan fingerprint density at radius 1 is 0.595 bits per heavy atom. The highest BCUT2D eigenvalue weighted by Gasteiger charge is 2.26. The molecule has 10 aromatic rings. The number of oxazole rings is 2. The molecule has 0 spiro atoms. The monoisotopic (exact) mass is 1130 g/mol. The maximum Gasteiger partial charge on any atom is 0.306 e. The number of piperidine rings is 2. The van der Waals surface area contributed by atoms with Crippen molar-refractivity contribution in [1.29, 1.82) is 0 Å². The second kappa shape index (κ2) is 26.3. The van der Waals surface area contributed by atoms with Gasteiger partial charge in [-0.15, -0.1) is 24.8 Å². The zero-order valence-electron chi connectivity index (χ0n) is 42.6. The van der Waals surface area contributed by atoms with Crippen LogP contribution < -0.4 is 25.4 Å². The van der Waals surface area contributed by atoms with Gasteiger partial charge < -0.3 is 39.2 Å². The van der Waals surface area contributed by atoms with Crippen LogP contribution in [-0.4, -0.2) is 107 Å². The quantitative estimate of drug-likeness (QED) is 0.0974. The Kier molecular flexibility index (Phi) is 18.9. The minimum absolute atomic E-state index is 0. The number of hydrogen-bond acceptors (Lipinski definition) is 15. The molecule has 2 saturated heterocycles. The SMILES string of the molecule is COc1ccc(C(=O)Cl)cc1.COc1ccc(C(=O)N2CCC(Nc3nccc(-c4c(-c5ccc(F)cc5)nc5occn45)n3)CC2)cc1.Cl.Cl.Fc1ccc(-c2nc3occn3c2-c2ccnc(NC3CCNCC3)n2)cc1. The lowest BCUT2D eigenvalue weighted by atomic mass is 10.0. The maximum atomic E-state index is 13.5. The number of imidazole rings is 2. The summed E-state index contributed by atoms with van der Waals surface area (Å²) in [4.78, 5) is 52.8. The van der Waals surface area contributed by atoms with E-state index in [9.17, 15) is 18.4 Å². The van der Waals surface area contributed by atoms with Crippen molar-refractivity contribution in [2.24, 2.45) is 0 Å². The Morgan fingerprint density at radius 3 is 1.46 bits per heavy atom. The summed E-state index contributed by atoms with van der Waals surface area (Å²) in [5, 5.41) is 9.75. The van der Waals surface area contributed by atoms with Crippen molar-refractivity contribution >= 4 is 71.1 Å². The summed E-state index contributed by atoms with van der Waals surface area (Å²) >= 11 is 5.22. The number of hydrogen-bond donors (Lipinski definition) is 3. The van der Waals surface area contributed by atoms with Crippen LogP contribution in [0.4, 0.5) is 20.7 Å². The number of rotatable bonds is 12. The molecule has 79 heavy (non-hydrogen) atoms. The van der Waals surface area contributed by atoms with E-state index in [0.717, 1.165) is 72.7 Å². The normalized spacial score (nSPS) is 13.5. The molecule has 0 saturated carbocycles. The number of halogens is 5. The predicted molar refractivity (Wildman–Crippen MR) is 300 cm³/mol. The smallest absolute Gasteiger partial charge is 0.306 e. The van der Waals surface area contributed by atoms with E-state index in [4.69, 9.17) is 39.9 Å². The molecule has 3 N–H and O–H groups in total. The van der Waals surface area contributed by atoms with Crippen LogP contribution in [-0.2, 0) is 0 Å². The van der Waals surface area contributed by atoms with E-state index in [1.54, 1.807) is 124 Å². The molecule has 18 nitrogen and oxygen atoms in total. The first kappa shape index (κ1) is 56.8. The van der Waals surface area contributed by atoms with Crippen molar-refractivity contribution in [3.8, 4) is 56.8 Å². The predicted octanol–water partition coefficient (Wildman–Crippen LogP) is 11.2. The summed E-state index contributed by atoms with van der Waals surface area (Å²) in [6.07, 6.45) is 13.8. The molecule has 0 radical (unpaired) electrons. The summed E-state index contributed by atoms with van der Waals surface area (Å²) in [5.41, 5.74) is 6.89. The number of fused-ring (bicyclic) bond motifs is 2. The molecule has 0 aliphatic carbocycles. The molecule has 6 aromatic heterocycles. The van der Waals surface area contributed by atoms with Gasteiger partial charge in [0.2, 0.25) is 11.9 Å². The fraction of sp³-hybridized carbons (Fsp3) is 0.214. The van der Waals surface area contributed by atoms with Crippen molar-refractivity contribution in [2.75, 3.05) is 51.0 Å². The molecule has 8 heterocycles. The maximum absolute atomic E-state index is 13.5. The number of ether oxygens (including phenoxy) is 2. The average Bonchev–Trinajstić information content (AvgIpc) is 4.46. The molecule has 2 aliphatic heterocycles. The Bertz CT molecular complexity index is 3600. The van der Waals surface area contributed by atoms with Crippen LogP contribution in [0.2, 0.25) is 0 Å². The van der Waals surface area contributed by atoms with Crippen LogP contribution in [0, 0.1) is 11.6 Å². The molecular weight excluding hydrogens is 1080 g/mol. The molecule has 0 atom stereocenters. The fourth-order valence-corrected chi connectivity index (χ4v) is 9.12. The number of nitrogens with zero attached hydrogens (tertiary/aromatic N) is 9. The second-order valence-corrected chi connectivity index (χ2v) is 18.2. The number of methoxy groups -OCH3 is 2. The van der Waals surface area contributed by atoms with Gasteiger partial charge in [-0.05, 0) is 160 Å². The second-order valence-electron chi connectivity index (χ2n) is 17.9. The van der Waals surface area contributed by atoms with E-state index in [0.29, 0.717) is 76.7 Å². The van der Waals surface area contributed by atoms with Gasteiger partial charge in [0.1, 0.15) is 58.4 Å². The Labute approximate surface area is 469 Å². The van der Waals surface area contributed by atoms with Crippen LogP contribution in [0.25, 0.3) is 57.0 Å². The lowest BCUT2D eigenvalue weighted by molar-refractivity contribution is 0.0718. The molecule has 23 heteroatoms. The van der Waals surface area contributed by atoms with Gasteiger partial charge in [-0.3, -0.25) is 18.4 Å². The summed E-state index contributed by atoms with van der Waals surface area (Å²) in [6.45, 7) is 3.25. The molecule has 2 aliphatic rings. The highest BCUT2D eigenvalue weighted by molar-refractivity contribution is 6.67. The lowest BCUT2D eigenvalue weighted by Gasteiger charge is -2.32. The van der Waals surface area contributed by atoms with Crippen LogP contribution in [0.3, 0.4) is 0 Å². The van der Waals surface area contributed by atoms with Gasteiger partial charge in [0.05, 0.1) is 25.6 Å². The highest BCUT2D eigenvalue weighted by Crippen LogP contribution is 2.34. The van der Waals surface area contributed by atoms with Crippen LogP contribution in [0.5, 0.6) is 11.5 Å². The molecule has 0 bridgehead atoms. The molecular formula is C56H53Cl3F2N12O6. The first-order valence-electron chi connectivity index (χ1n) is 24.7. The molecule has 4 aromatic carbocycles. The summed E-state index contributed by atoms with van der Waals surface area (Å²) in [6, 6.07) is 30.3. The summed E-state index contributed by atoms with van der Waals surface area (Å²) in [5.74, 6) is 2.81. The van der Waals surface area contributed by atoms with Crippen molar-refractivity contribution in [3.05, 3.63) is 169 Å². The molecule has 12 rings (SSSR count). The zero-order valence-corrected chi connectivity index (χ0v) is 45.0. The average molecular weight is 1130 g/mol. The van der Waals surface area contributed by atoms with E-state index in [1.165, 1.54) is 24.3 Å². The molecule has 2 fully saturated rings. The van der Waals surface area contributed by atoms with Crippen molar-refractivity contribution < 1.29 is 36.7 Å². The minimum atomic E-state index is -0.451. The van der Waals surface area contributed by atoms with Crippen LogP contribution in [0.15, 0.2) is 155 Å². The van der Waals surface area contributed by atoms with E-state index >= 15 is 0 Å². The van der Waals surface area contributed by atoms with Gasteiger partial charge in [-0.25, -0.2) is 28.7 Å². The van der Waals surface area contributed by atoms with Crippen molar-refractivity contribution in [3.63, 3.8) is 0 Å². The highest BCUT2D eigenvalue weighted by atomic mass is 35.5. The first-order valence-corrected chi connectivity index (χ1v) is 25.1. The van der Waals surface area contributed by atoms with Gasteiger partial charge in [0.25, 0.3) is 11.1 Å². The summed E-state index contributed by atoms with van der Waals surface area (Å²) < 4.78 is 51.6. The van der Waals surface area contributed by atoms with Gasteiger partial charge in [-0.2, -0.15) is 9.97 Å². The standard InChI is InChI=1S/C28H25FN6O3.C20H19FN6O.C8H7ClO2.2ClH/c1-37-22-8-4-19(5-9-22)26(36)34-14-11-21(12-15-34)31-27-30-13-10-23(32-27)25-24(18-2-6-20(29)7-3-18)33-28-35(25)16-17-38-28;21-14-3-1-13(2-4-14)17-18(27-11-12-28-20(27)26-17)16-7-10-23-19(25-16)24-15-5-8-22-9-6-15;1-11-7-4-2-6(3-5-7)8(9)10;;/h2-10,13,16-17,21H,11-12,14-15H2,1H3,(H,30,31,32);1-4,7,10-12,15,22H,5-6,8-9H2,(H,23,24,25);2-5H,1H3;2*1H. The Hall–Kier alpha value is -8.43. The largest absolute Gasteiger partial charge is 0.497 e. The molecule has 0 unspecified atom stereocenters. The number of carbonyl (C=O) groups is 2. The first-order chi connectivity index (χ1) is 37.6.